The smallest absolute Gasteiger partial charge is 0.387 e. The molecule has 0 spiro atoms. The fourth-order valence-corrected chi connectivity index (χ4v) is 2.48. The molecule has 0 saturated heterocycles. The number of hydrogen-bond donors (Lipinski definition) is 0. The maximum Gasteiger partial charge on any atom is 0.387 e. The minimum Gasteiger partial charge on any atom is -0.493 e. The van der Waals surface area contributed by atoms with E-state index in [1.165, 1.54) is 37.5 Å². The van der Waals surface area contributed by atoms with Gasteiger partial charge in [0.05, 0.1) is 7.11 Å². The van der Waals surface area contributed by atoms with Crippen LogP contribution in [0.25, 0.3) is 6.08 Å². The Labute approximate surface area is 154 Å². The Balaban J connectivity index is 1.94. The van der Waals surface area contributed by atoms with Gasteiger partial charge >= 0.3 is 12.6 Å². The molecule has 4 nitrogen and oxygen atoms in total. The van der Waals surface area contributed by atoms with E-state index in [2.05, 4.69) is 4.74 Å². The Morgan fingerprint density at radius 3 is 2.50 bits per heavy atom. The summed E-state index contributed by atoms with van der Waals surface area (Å²) in [6, 6.07) is 12.1. The molecule has 0 atom stereocenters. The lowest BCUT2D eigenvalue weighted by molar-refractivity contribution is -0.138. The van der Waals surface area contributed by atoms with Crippen molar-refractivity contribution in [2.45, 2.75) is 18.1 Å². The molecule has 0 aliphatic heterocycles. The van der Waals surface area contributed by atoms with Gasteiger partial charge in [-0.1, -0.05) is 18.2 Å². The molecule has 7 heteroatoms. The van der Waals surface area contributed by atoms with Gasteiger partial charge < -0.3 is 14.2 Å². The first kappa shape index (κ1) is 19.8. The summed E-state index contributed by atoms with van der Waals surface area (Å²) in [5.74, 6) is -0.434. The lowest BCUT2D eigenvalue weighted by Crippen LogP contribution is -2.03. The molecule has 138 valence electrons. The van der Waals surface area contributed by atoms with Crippen LogP contribution in [-0.2, 0) is 16.1 Å². The summed E-state index contributed by atoms with van der Waals surface area (Å²) in [5.41, 5.74) is 1.48. The second-order valence-corrected chi connectivity index (χ2v) is 5.96. The van der Waals surface area contributed by atoms with Crippen molar-refractivity contribution >= 4 is 23.8 Å². The van der Waals surface area contributed by atoms with Gasteiger partial charge in [0.2, 0.25) is 0 Å². The fraction of sp³-hybridized carbons (Fsp3) is 0.211. The van der Waals surface area contributed by atoms with Gasteiger partial charge in [0, 0.05) is 11.0 Å². The van der Waals surface area contributed by atoms with Gasteiger partial charge in [0.1, 0.15) is 6.61 Å². The van der Waals surface area contributed by atoms with E-state index in [0.29, 0.717) is 5.56 Å². The highest BCUT2D eigenvalue weighted by Gasteiger charge is 2.10. The monoisotopic (exact) mass is 380 g/mol. The predicted molar refractivity (Wildman–Crippen MR) is 96.7 cm³/mol. The maximum absolute atomic E-state index is 12.3. The summed E-state index contributed by atoms with van der Waals surface area (Å²) in [5, 5.41) is 0. The summed E-state index contributed by atoms with van der Waals surface area (Å²) in [6.07, 6.45) is 4.76. The highest BCUT2D eigenvalue weighted by atomic mass is 32.2. The van der Waals surface area contributed by atoms with E-state index in [9.17, 15) is 13.6 Å². The average molecular weight is 380 g/mol. The molecular formula is C19H18F2O4S. The second-order valence-electron chi connectivity index (χ2n) is 5.08. The van der Waals surface area contributed by atoms with Gasteiger partial charge in [-0.25, -0.2) is 4.79 Å². The first-order chi connectivity index (χ1) is 12.5. The molecule has 0 unspecified atom stereocenters. The molecule has 2 aromatic rings. The van der Waals surface area contributed by atoms with E-state index in [-0.39, 0.29) is 18.1 Å². The van der Waals surface area contributed by atoms with E-state index in [4.69, 9.17) is 9.47 Å². The quantitative estimate of drug-likeness (QED) is 0.375. The lowest BCUT2D eigenvalue weighted by atomic mass is 10.2. The number of methoxy groups -OCH3 is 1. The molecule has 0 heterocycles. The lowest BCUT2D eigenvalue weighted by Gasteiger charge is -2.10. The molecule has 0 fully saturated rings. The number of carbonyl (C=O) groups is 1. The third-order valence-electron chi connectivity index (χ3n) is 3.36. The van der Waals surface area contributed by atoms with Gasteiger partial charge in [0.15, 0.2) is 11.5 Å². The minimum atomic E-state index is -2.94. The molecule has 26 heavy (non-hydrogen) atoms. The van der Waals surface area contributed by atoms with Crippen molar-refractivity contribution in [3.05, 3.63) is 59.7 Å². The number of esters is 1. The number of hydrogen-bond acceptors (Lipinski definition) is 5. The van der Waals surface area contributed by atoms with Crippen LogP contribution >= 0.6 is 11.8 Å². The predicted octanol–water partition coefficient (Wildman–Crippen LogP) is 4.78. The van der Waals surface area contributed by atoms with E-state index in [1.807, 2.05) is 30.5 Å². The van der Waals surface area contributed by atoms with Crippen LogP contribution in [0.15, 0.2) is 53.4 Å². The SMILES string of the molecule is COc1cc(/C=C/C(=O)OCc2ccc(SC)cc2)ccc1OC(F)F. The first-order valence-electron chi connectivity index (χ1n) is 7.62. The van der Waals surface area contributed by atoms with Crippen LogP contribution in [0.2, 0.25) is 0 Å². The number of benzene rings is 2. The first-order valence-corrected chi connectivity index (χ1v) is 8.85. The van der Waals surface area contributed by atoms with Gasteiger partial charge in [-0.3, -0.25) is 0 Å². The normalized spacial score (nSPS) is 11.0. The molecule has 0 aliphatic carbocycles. The maximum atomic E-state index is 12.3. The van der Waals surface area contributed by atoms with Gasteiger partial charge in [-0.15, -0.1) is 11.8 Å². The molecule has 0 saturated carbocycles. The standard InChI is InChI=1S/C19H18F2O4S/c1-23-17-11-13(5-9-16(17)25-19(20)21)6-10-18(22)24-12-14-3-7-15(26-2)8-4-14/h3-11,19H,12H2,1-2H3/b10-6+. The molecule has 0 radical (unpaired) electrons. The van der Waals surface area contributed by atoms with Gasteiger partial charge in [-0.05, 0) is 47.7 Å². The summed E-state index contributed by atoms with van der Waals surface area (Å²) in [6.45, 7) is -2.77. The topological polar surface area (TPSA) is 44.8 Å². The zero-order valence-electron chi connectivity index (χ0n) is 14.3. The van der Waals surface area contributed by atoms with Crippen molar-refractivity contribution in [1.82, 2.24) is 0 Å². The van der Waals surface area contributed by atoms with Gasteiger partial charge in [-0.2, -0.15) is 8.78 Å². The number of halogens is 2. The third kappa shape index (κ3) is 6.07. The van der Waals surface area contributed by atoms with Gasteiger partial charge in [0.25, 0.3) is 0 Å². The van der Waals surface area contributed by atoms with Crippen molar-refractivity contribution in [3.63, 3.8) is 0 Å². The Bertz CT molecular complexity index is 761. The summed E-state index contributed by atoms with van der Waals surface area (Å²) < 4.78 is 39.1. The van der Waals surface area contributed by atoms with E-state index in [1.54, 1.807) is 11.8 Å². The van der Waals surface area contributed by atoms with Crippen molar-refractivity contribution in [1.29, 1.82) is 0 Å². The Hall–Kier alpha value is -2.54. The van der Waals surface area contributed by atoms with E-state index in [0.717, 1.165) is 10.5 Å². The second kappa shape index (κ2) is 9.82. The average Bonchev–Trinajstić information content (AvgIpc) is 2.65. The largest absolute Gasteiger partial charge is 0.493 e. The number of alkyl halides is 2. The van der Waals surface area contributed by atoms with Crippen molar-refractivity contribution in [3.8, 4) is 11.5 Å². The van der Waals surface area contributed by atoms with Crippen LogP contribution in [0.3, 0.4) is 0 Å². The fourth-order valence-electron chi connectivity index (χ4n) is 2.07. The van der Waals surface area contributed by atoms with Crippen LogP contribution in [0.1, 0.15) is 11.1 Å². The van der Waals surface area contributed by atoms with E-state index >= 15 is 0 Å². The van der Waals surface area contributed by atoms with Crippen LogP contribution in [0, 0.1) is 0 Å². The molecule has 2 aromatic carbocycles. The van der Waals surface area contributed by atoms with Crippen LogP contribution in [-0.4, -0.2) is 25.9 Å². The number of carbonyl (C=O) groups excluding carboxylic acids is 1. The zero-order chi connectivity index (χ0) is 18.9. The molecule has 0 aromatic heterocycles. The molecule has 0 N–H and O–H groups in total. The van der Waals surface area contributed by atoms with Crippen molar-refractivity contribution in [2.24, 2.45) is 0 Å². The summed E-state index contributed by atoms with van der Waals surface area (Å²) >= 11 is 1.64. The Kier molecular flexibility index (Phi) is 7.47. The zero-order valence-corrected chi connectivity index (χ0v) is 15.1. The number of thioether (sulfide) groups is 1. The number of rotatable bonds is 8. The molecule has 0 amide bonds. The summed E-state index contributed by atoms with van der Waals surface area (Å²) in [4.78, 5) is 12.9. The highest BCUT2D eigenvalue weighted by molar-refractivity contribution is 7.98. The Morgan fingerprint density at radius 2 is 1.88 bits per heavy atom. The van der Waals surface area contributed by atoms with Crippen LogP contribution in [0.5, 0.6) is 11.5 Å². The summed E-state index contributed by atoms with van der Waals surface area (Å²) in [7, 11) is 1.34. The highest BCUT2D eigenvalue weighted by Crippen LogP contribution is 2.29. The van der Waals surface area contributed by atoms with Crippen molar-refractivity contribution < 1.29 is 27.8 Å². The molecule has 2 rings (SSSR count). The molecule has 0 bridgehead atoms. The third-order valence-corrected chi connectivity index (χ3v) is 4.10. The van der Waals surface area contributed by atoms with Crippen LogP contribution < -0.4 is 9.47 Å². The molecule has 0 aliphatic rings. The van der Waals surface area contributed by atoms with Crippen LogP contribution in [0.4, 0.5) is 8.78 Å². The Morgan fingerprint density at radius 1 is 1.15 bits per heavy atom. The number of ether oxygens (including phenoxy) is 3. The van der Waals surface area contributed by atoms with E-state index < -0.39 is 12.6 Å². The minimum absolute atomic E-state index is 0.0732. The molecular weight excluding hydrogens is 362 g/mol. The van der Waals surface area contributed by atoms with Crippen molar-refractivity contribution in [2.75, 3.05) is 13.4 Å².